The highest BCUT2D eigenvalue weighted by atomic mass is 35.5. The van der Waals surface area contributed by atoms with Gasteiger partial charge in [0.25, 0.3) is 11.1 Å². The molecule has 0 spiro atoms. The molecule has 0 bridgehead atoms. The summed E-state index contributed by atoms with van der Waals surface area (Å²) >= 11 is 11.9. The lowest BCUT2D eigenvalue weighted by molar-refractivity contribution is 0.0831. The molecule has 0 saturated carbocycles. The summed E-state index contributed by atoms with van der Waals surface area (Å²) in [5, 5.41) is 14.2. The molecule has 4 aliphatic rings. The minimum absolute atomic E-state index is 0.102. The number of halogens is 2. The van der Waals surface area contributed by atoms with Crippen LogP contribution in [0.15, 0.2) is 70.5 Å². The first-order valence-corrected chi connectivity index (χ1v) is 21.9. The number of fused-ring (bicyclic) bond motifs is 2. The predicted octanol–water partition coefficient (Wildman–Crippen LogP) is 5.99. The van der Waals surface area contributed by atoms with Crippen molar-refractivity contribution in [2.45, 2.75) is 69.7 Å². The monoisotopic (exact) mass is 870 g/mol. The zero-order valence-electron chi connectivity index (χ0n) is 34.4. The van der Waals surface area contributed by atoms with Crippen LogP contribution in [0.5, 0.6) is 0 Å². The first-order chi connectivity index (χ1) is 29.7. The molecule has 4 aromatic heterocycles. The van der Waals surface area contributed by atoms with Crippen LogP contribution in [0, 0.1) is 11.8 Å². The average molecular weight is 872 g/mol. The number of H-pyrrole nitrogens is 2. The third kappa shape index (κ3) is 9.67. The zero-order chi connectivity index (χ0) is 42.5. The van der Waals surface area contributed by atoms with Gasteiger partial charge in [-0.3, -0.25) is 19.3 Å². The van der Waals surface area contributed by atoms with E-state index in [-0.39, 0.29) is 28.9 Å². The lowest BCUT2D eigenvalue weighted by Crippen LogP contribution is -2.24. The standard InChI is InChI=1S/C22H26ClN5O2.C15H21N5O2.C7H5ClO/c1-14-11-27(12-16-4-2-3-5-18(16)23)13-17(14)20-25-22(29)19-10-24-21(28(19)26-20)15-6-8-30-9-7-15;1-9-6-16-7-11(9)13-18-15(21)12-8-17-14(20(12)19-13)10-2-4-22-5-3-10;8-7-4-2-1-3-6(7)5-9/h2-5,10,14-15,17H,6-9,11-13H2,1H3,(H,25,26,29);8-11,16H,2-7H2,1H3,(H,18,19,21);1-5H. The van der Waals surface area contributed by atoms with Crippen LogP contribution in [-0.4, -0.2) is 103 Å². The fourth-order valence-electron chi connectivity index (χ4n) is 8.83. The van der Waals surface area contributed by atoms with E-state index < -0.39 is 0 Å². The normalized spacial score (nSPS) is 22.5. The SMILES string of the molecule is CC1CN(Cc2ccccc2Cl)CC1c1nn2c(C3CCOCC3)ncc2c(=O)[nH]1.CC1CNCC1c1nn2c(C3CCOCC3)ncc2c(=O)[nH]1.O=Cc1ccccc1Cl. The Morgan fingerprint density at radius 3 is 1.75 bits per heavy atom. The molecule has 2 aromatic carbocycles. The Kier molecular flexibility index (Phi) is 13.7. The van der Waals surface area contributed by atoms with Gasteiger partial charge < -0.3 is 24.8 Å². The van der Waals surface area contributed by atoms with Gasteiger partial charge in [-0.2, -0.15) is 10.2 Å². The van der Waals surface area contributed by atoms with Crippen LogP contribution in [0.4, 0.5) is 0 Å². The molecule has 4 aliphatic heterocycles. The summed E-state index contributed by atoms with van der Waals surface area (Å²) in [6.07, 6.45) is 7.71. The van der Waals surface area contributed by atoms with E-state index in [9.17, 15) is 14.4 Å². The van der Waals surface area contributed by atoms with Crippen LogP contribution in [0.2, 0.25) is 10.0 Å². The third-order valence-electron chi connectivity index (χ3n) is 12.4. The molecule has 17 heteroatoms. The van der Waals surface area contributed by atoms with E-state index in [1.807, 2.05) is 18.2 Å². The fourth-order valence-corrected chi connectivity index (χ4v) is 9.21. The molecule has 4 unspecified atom stereocenters. The van der Waals surface area contributed by atoms with Gasteiger partial charge >= 0.3 is 0 Å². The molecule has 322 valence electrons. The topological polar surface area (TPSA) is 177 Å². The van der Waals surface area contributed by atoms with Crippen molar-refractivity contribution in [3.63, 3.8) is 0 Å². The summed E-state index contributed by atoms with van der Waals surface area (Å²) in [6.45, 7) is 11.7. The summed E-state index contributed by atoms with van der Waals surface area (Å²) < 4.78 is 14.4. The van der Waals surface area contributed by atoms with Crippen LogP contribution in [-0.2, 0) is 16.0 Å². The zero-order valence-corrected chi connectivity index (χ0v) is 35.9. The summed E-state index contributed by atoms with van der Waals surface area (Å²) in [4.78, 5) is 52.6. The highest BCUT2D eigenvalue weighted by molar-refractivity contribution is 6.32. The maximum atomic E-state index is 12.8. The van der Waals surface area contributed by atoms with E-state index in [2.05, 4.69) is 50.1 Å². The van der Waals surface area contributed by atoms with E-state index >= 15 is 0 Å². The molecule has 61 heavy (non-hydrogen) atoms. The van der Waals surface area contributed by atoms with Crippen molar-refractivity contribution in [2.75, 3.05) is 52.6 Å². The molecule has 6 aromatic rings. The Labute approximate surface area is 363 Å². The Balaban J connectivity index is 0.000000144. The Bertz CT molecular complexity index is 2560. The van der Waals surface area contributed by atoms with E-state index in [1.54, 1.807) is 45.7 Å². The highest BCUT2D eigenvalue weighted by Gasteiger charge is 2.34. The molecule has 4 saturated heterocycles. The van der Waals surface area contributed by atoms with Gasteiger partial charge in [0.2, 0.25) is 0 Å². The lowest BCUT2D eigenvalue weighted by atomic mass is 9.97. The maximum Gasteiger partial charge on any atom is 0.276 e. The van der Waals surface area contributed by atoms with Crippen molar-refractivity contribution >= 4 is 40.5 Å². The molecular formula is C44H52Cl2N10O5. The number of aldehydes is 1. The number of ether oxygens (including phenoxy) is 2. The highest BCUT2D eigenvalue weighted by Crippen LogP contribution is 2.33. The van der Waals surface area contributed by atoms with Gasteiger partial charge in [0.05, 0.1) is 17.4 Å². The number of hydrogen-bond acceptors (Lipinski definition) is 11. The number of rotatable bonds is 7. The minimum atomic E-state index is -0.123. The summed E-state index contributed by atoms with van der Waals surface area (Å²) in [5.74, 6) is 5.13. The van der Waals surface area contributed by atoms with Gasteiger partial charge in [-0.05, 0) is 61.8 Å². The van der Waals surface area contributed by atoms with E-state index in [4.69, 9.17) is 42.9 Å². The smallest absolute Gasteiger partial charge is 0.276 e. The molecule has 0 aliphatic carbocycles. The van der Waals surface area contributed by atoms with Gasteiger partial charge in [0.15, 0.2) is 17.3 Å². The van der Waals surface area contributed by atoms with Crippen LogP contribution >= 0.6 is 23.2 Å². The van der Waals surface area contributed by atoms with Gasteiger partial charge in [0, 0.05) is 86.9 Å². The second-order valence-corrected chi connectivity index (χ2v) is 17.3. The molecule has 0 radical (unpaired) electrons. The average Bonchev–Trinajstić information content (AvgIpc) is 4.09. The number of likely N-dealkylation sites (tertiary alicyclic amines) is 1. The quantitative estimate of drug-likeness (QED) is 0.161. The number of hydrogen-bond donors (Lipinski definition) is 3. The minimum Gasteiger partial charge on any atom is -0.381 e. The molecule has 15 nitrogen and oxygen atoms in total. The fraction of sp³-hybridized carbons (Fsp3) is 0.477. The predicted molar refractivity (Wildman–Crippen MR) is 233 cm³/mol. The second-order valence-electron chi connectivity index (χ2n) is 16.5. The number of aromatic nitrogens is 8. The number of nitrogens with zero attached hydrogens (tertiary/aromatic N) is 7. The number of benzene rings is 2. The van der Waals surface area contributed by atoms with Gasteiger partial charge in [-0.25, -0.2) is 19.0 Å². The Morgan fingerprint density at radius 1 is 0.705 bits per heavy atom. The lowest BCUT2D eigenvalue weighted by Gasteiger charge is -2.21. The van der Waals surface area contributed by atoms with Crippen molar-refractivity contribution in [1.29, 1.82) is 0 Å². The van der Waals surface area contributed by atoms with Crippen LogP contribution in [0.3, 0.4) is 0 Å². The molecular weight excluding hydrogens is 819 g/mol. The Hall–Kier alpha value is -4.77. The first-order valence-electron chi connectivity index (χ1n) is 21.2. The summed E-state index contributed by atoms with van der Waals surface area (Å²) in [6, 6.07) is 14.9. The van der Waals surface area contributed by atoms with Crippen LogP contribution in [0.1, 0.15) is 102 Å². The van der Waals surface area contributed by atoms with Crippen molar-refractivity contribution in [2.24, 2.45) is 11.8 Å². The van der Waals surface area contributed by atoms with E-state index in [0.717, 1.165) is 125 Å². The number of carbonyl (C=O) groups excluding carboxylic acids is 1. The van der Waals surface area contributed by atoms with Crippen molar-refractivity contribution in [3.8, 4) is 0 Å². The van der Waals surface area contributed by atoms with E-state index in [0.29, 0.717) is 39.4 Å². The molecule has 8 heterocycles. The third-order valence-corrected chi connectivity index (χ3v) is 13.1. The van der Waals surface area contributed by atoms with Crippen molar-refractivity contribution in [1.82, 2.24) is 49.4 Å². The van der Waals surface area contributed by atoms with Crippen LogP contribution in [0.25, 0.3) is 11.0 Å². The number of nitrogens with one attached hydrogen (secondary N) is 3. The van der Waals surface area contributed by atoms with Gasteiger partial charge in [-0.1, -0.05) is 73.4 Å². The molecule has 0 amide bonds. The molecule has 10 rings (SSSR count). The molecule has 4 atom stereocenters. The first kappa shape index (κ1) is 42.9. The number of imidazole rings is 2. The summed E-state index contributed by atoms with van der Waals surface area (Å²) in [5.41, 5.74) is 2.49. The number of aromatic amines is 2. The van der Waals surface area contributed by atoms with Crippen molar-refractivity contribution < 1.29 is 14.3 Å². The maximum absolute atomic E-state index is 12.8. The largest absolute Gasteiger partial charge is 0.381 e. The van der Waals surface area contributed by atoms with Gasteiger partial charge in [-0.15, -0.1) is 0 Å². The van der Waals surface area contributed by atoms with Crippen molar-refractivity contribution in [3.05, 3.63) is 126 Å². The molecule has 4 fully saturated rings. The Morgan fingerprint density at radius 2 is 1.25 bits per heavy atom. The second kappa shape index (κ2) is 19.5. The van der Waals surface area contributed by atoms with Crippen LogP contribution < -0.4 is 16.4 Å². The summed E-state index contributed by atoms with van der Waals surface area (Å²) in [7, 11) is 0. The molecule has 3 N–H and O–H groups in total. The number of carbonyl (C=O) groups is 1. The van der Waals surface area contributed by atoms with Gasteiger partial charge in [0.1, 0.15) is 23.3 Å². The van der Waals surface area contributed by atoms with E-state index in [1.165, 1.54) is 0 Å².